The third-order valence-corrected chi connectivity index (χ3v) is 3.72. The fourth-order valence-electron chi connectivity index (χ4n) is 2.91. The van der Waals surface area contributed by atoms with Crippen LogP contribution in [0, 0.1) is 0 Å². The molecule has 2 nitrogen and oxygen atoms in total. The highest BCUT2D eigenvalue weighted by molar-refractivity contribution is 6.07. The zero-order valence-electron chi connectivity index (χ0n) is 9.36. The Morgan fingerprint density at radius 3 is 2.76 bits per heavy atom. The standard InChI is InChI=1S/C15H12O2/c16-13-6-2-5-11-12-8-7-9-3-1-4-10(9)14(12)17-15(11)13/h2,5-8,16H,1,3-4H2. The SMILES string of the molecule is Oc1cccc2c1oc1c3c(ccc12)CCC3. The van der Waals surface area contributed by atoms with Gasteiger partial charge in [-0.05, 0) is 36.5 Å². The van der Waals surface area contributed by atoms with Gasteiger partial charge in [-0.2, -0.15) is 0 Å². The van der Waals surface area contributed by atoms with E-state index in [9.17, 15) is 5.11 Å². The summed E-state index contributed by atoms with van der Waals surface area (Å²) in [6.07, 6.45) is 3.44. The quantitative estimate of drug-likeness (QED) is 0.630. The molecule has 0 saturated heterocycles. The summed E-state index contributed by atoms with van der Waals surface area (Å²) in [4.78, 5) is 0. The number of rotatable bonds is 0. The van der Waals surface area contributed by atoms with Crippen molar-refractivity contribution < 1.29 is 9.52 Å². The van der Waals surface area contributed by atoms with Crippen molar-refractivity contribution in [2.24, 2.45) is 0 Å². The lowest BCUT2D eigenvalue weighted by Gasteiger charge is -1.98. The molecule has 84 valence electrons. The number of furan rings is 1. The van der Waals surface area contributed by atoms with Crippen molar-refractivity contribution in [3.05, 3.63) is 41.5 Å². The highest BCUT2D eigenvalue weighted by atomic mass is 16.4. The number of para-hydroxylation sites is 1. The van der Waals surface area contributed by atoms with E-state index in [1.807, 2.05) is 12.1 Å². The van der Waals surface area contributed by atoms with Crippen LogP contribution in [0.2, 0.25) is 0 Å². The second-order valence-corrected chi connectivity index (χ2v) is 4.69. The molecule has 1 N–H and O–H groups in total. The minimum absolute atomic E-state index is 0.227. The molecule has 1 aliphatic rings. The van der Waals surface area contributed by atoms with Crippen molar-refractivity contribution in [3.8, 4) is 5.75 Å². The van der Waals surface area contributed by atoms with E-state index in [1.165, 1.54) is 17.5 Å². The molecule has 0 aliphatic heterocycles. The van der Waals surface area contributed by atoms with Crippen LogP contribution in [0.4, 0.5) is 0 Å². The first-order chi connectivity index (χ1) is 8.34. The normalized spacial score (nSPS) is 14.6. The van der Waals surface area contributed by atoms with Gasteiger partial charge in [0.05, 0.1) is 0 Å². The van der Waals surface area contributed by atoms with Crippen LogP contribution >= 0.6 is 0 Å². The second-order valence-electron chi connectivity index (χ2n) is 4.69. The maximum Gasteiger partial charge on any atom is 0.177 e. The van der Waals surface area contributed by atoms with Gasteiger partial charge in [0.15, 0.2) is 11.3 Å². The Morgan fingerprint density at radius 2 is 1.82 bits per heavy atom. The van der Waals surface area contributed by atoms with E-state index in [-0.39, 0.29) is 5.75 Å². The fourth-order valence-corrected chi connectivity index (χ4v) is 2.91. The van der Waals surface area contributed by atoms with Crippen molar-refractivity contribution >= 4 is 21.9 Å². The summed E-state index contributed by atoms with van der Waals surface area (Å²) in [5.41, 5.74) is 4.31. The van der Waals surface area contributed by atoms with E-state index < -0.39 is 0 Å². The largest absolute Gasteiger partial charge is 0.504 e. The molecular weight excluding hydrogens is 212 g/mol. The molecule has 0 unspecified atom stereocenters. The summed E-state index contributed by atoms with van der Waals surface area (Å²) >= 11 is 0. The van der Waals surface area contributed by atoms with Crippen molar-refractivity contribution in [3.63, 3.8) is 0 Å². The van der Waals surface area contributed by atoms with E-state index >= 15 is 0 Å². The Labute approximate surface area is 98.5 Å². The van der Waals surface area contributed by atoms with Crippen LogP contribution in [0.3, 0.4) is 0 Å². The highest BCUT2D eigenvalue weighted by Gasteiger charge is 2.19. The van der Waals surface area contributed by atoms with Gasteiger partial charge >= 0.3 is 0 Å². The van der Waals surface area contributed by atoms with Crippen molar-refractivity contribution in [2.45, 2.75) is 19.3 Å². The molecule has 0 spiro atoms. The summed E-state index contributed by atoms with van der Waals surface area (Å²) in [6, 6.07) is 9.85. The van der Waals surface area contributed by atoms with Crippen LogP contribution < -0.4 is 0 Å². The average molecular weight is 224 g/mol. The molecule has 2 aromatic carbocycles. The minimum Gasteiger partial charge on any atom is -0.504 e. The van der Waals surface area contributed by atoms with Gasteiger partial charge in [-0.15, -0.1) is 0 Å². The minimum atomic E-state index is 0.227. The first-order valence-electron chi connectivity index (χ1n) is 5.99. The monoisotopic (exact) mass is 224 g/mol. The maximum absolute atomic E-state index is 9.83. The van der Waals surface area contributed by atoms with E-state index in [1.54, 1.807) is 6.07 Å². The number of phenols is 1. The van der Waals surface area contributed by atoms with E-state index in [0.29, 0.717) is 5.58 Å². The van der Waals surface area contributed by atoms with E-state index in [0.717, 1.165) is 29.2 Å². The predicted octanol–water partition coefficient (Wildman–Crippen LogP) is 3.78. The lowest BCUT2D eigenvalue weighted by atomic mass is 10.1. The van der Waals surface area contributed by atoms with Crippen LogP contribution in [0.15, 0.2) is 34.7 Å². The van der Waals surface area contributed by atoms with Crippen molar-refractivity contribution in [1.82, 2.24) is 0 Å². The summed E-state index contributed by atoms with van der Waals surface area (Å²) < 4.78 is 5.88. The van der Waals surface area contributed by atoms with Crippen LogP contribution in [-0.4, -0.2) is 5.11 Å². The zero-order valence-corrected chi connectivity index (χ0v) is 9.36. The van der Waals surface area contributed by atoms with Gasteiger partial charge in [0, 0.05) is 10.8 Å². The van der Waals surface area contributed by atoms with Gasteiger partial charge in [0.25, 0.3) is 0 Å². The lowest BCUT2D eigenvalue weighted by molar-refractivity contribution is 0.468. The molecule has 1 aliphatic carbocycles. The zero-order chi connectivity index (χ0) is 11.4. The average Bonchev–Trinajstić information content (AvgIpc) is 2.91. The summed E-state index contributed by atoms with van der Waals surface area (Å²) in [6.45, 7) is 0. The van der Waals surface area contributed by atoms with Gasteiger partial charge in [-0.3, -0.25) is 0 Å². The highest BCUT2D eigenvalue weighted by Crippen LogP contribution is 2.38. The summed E-state index contributed by atoms with van der Waals surface area (Å²) in [5.74, 6) is 0.227. The molecule has 0 fully saturated rings. The molecule has 0 radical (unpaired) electrons. The molecule has 3 aromatic rings. The van der Waals surface area contributed by atoms with E-state index in [4.69, 9.17) is 4.42 Å². The first-order valence-corrected chi connectivity index (χ1v) is 5.99. The number of hydrogen-bond acceptors (Lipinski definition) is 2. The molecular formula is C15H12O2. The second kappa shape index (κ2) is 3.04. The fraction of sp³-hybridized carbons (Fsp3) is 0.200. The molecule has 0 amide bonds. The van der Waals surface area contributed by atoms with Gasteiger partial charge in [-0.1, -0.05) is 24.3 Å². The van der Waals surface area contributed by atoms with Gasteiger partial charge in [0.1, 0.15) is 5.58 Å². The molecule has 0 saturated carbocycles. The topological polar surface area (TPSA) is 33.4 Å². The third-order valence-electron chi connectivity index (χ3n) is 3.72. The van der Waals surface area contributed by atoms with Crippen LogP contribution in [0.1, 0.15) is 17.5 Å². The summed E-state index contributed by atoms with van der Waals surface area (Å²) in [7, 11) is 0. The van der Waals surface area contributed by atoms with Gasteiger partial charge in [-0.25, -0.2) is 0 Å². The Kier molecular flexibility index (Phi) is 1.63. The number of aromatic hydroxyl groups is 1. The Bertz CT molecular complexity index is 737. The van der Waals surface area contributed by atoms with E-state index in [2.05, 4.69) is 12.1 Å². The third kappa shape index (κ3) is 1.10. The van der Waals surface area contributed by atoms with Crippen LogP contribution in [0.25, 0.3) is 21.9 Å². The van der Waals surface area contributed by atoms with Crippen molar-refractivity contribution in [2.75, 3.05) is 0 Å². The van der Waals surface area contributed by atoms with Crippen molar-refractivity contribution in [1.29, 1.82) is 0 Å². The predicted molar refractivity (Wildman–Crippen MR) is 67.4 cm³/mol. The maximum atomic E-state index is 9.83. The molecule has 4 rings (SSSR count). The van der Waals surface area contributed by atoms with Gasteiger partial charge < -0.3 is 9.52 Å². The Balaban J connectivity index is 2.24. The summed E-state index contributed by atoms with van der Waals surface area (Å²) in [5, 5.41) is 12.0. The van der Waals surface area contributed by atoms with Crippen LogP contribution in [-0.2, 0) is 12.8 Å². The molecule has 0 bridgehead atoms. The lowest BCUT2D eigenvalue weighted by Crippen LogP contribution is -1.81. The molecule has 2 heteroatoms. The number of phenolic OH excluding ortho intramolecular Hbond substituents is 1. The Hall–Kier alpha value is -1.96. The van der Waals surface area contributed by atoms with Gasteiger partial charge in [0.2, 0.25) is 0 Å². The number of aryl methyl sites for hydroxylation is 2. The molecule has 17 heavy (non-hydrogen) atoms. The Morgan fingerprint density at radius 1 is 0.941 bits per heavy atom. The molecule has 0 atom stereocenters. The molecule has 1 aromatic heterocycles. The molecule has 1 heterocycles. The first kappa shape index (κ1) is 9.11. The number of fused-ring (bicyclic) bond motifs is 5. The smallest absolute Gasteiger partial charge is 0.177 e. The number of benzene rings is 2. The van der Waals surface area contributed by atoms with Crippen LogP contribution in [0.5, 0.6) is 5.75 Å². The number of hydrogen-bond donors (Lipinski definition) is 1.